The fourth-order valence-corrected chi connectivity index (χ4v) is 2.24. The van der Waals surface area contributed by atoms with E-state index in [1.165, 1.54) is 6.92 Å². The second-order valence-corrected chi connectivity index (χ2v) is 5.19. The quantitative estimate of drug-likeness (QED) is 0.685. The van der Waals surface area contributed by atoms with E-state index in [1.54, 1.807) is 36.4 Å². The average molecular weight is 316 g/mol. The summed E-state index contributed by atoms with van der Waals surface area (Å²) in [4.78, 5) is 11.2. The summed E-state index contributed by atoms with van der Waals surface area (Å²) in [6.07, 6.45) is 0. The molecule has 2 rings (SSSR count). The maximum atomic E-state index is 11.2. The zero-order valence-electron chi connectivity index (χ0n) is 9.91. The summed E-state index contributed by atoms with van der Waals surface area (Å²) in [5.41, 5.74) is 0.529. The van der Waals surface area contributed by atoms with Crippen LogP contribution in [-0.4, -0.2) is 5.78 Å². The first-order valence-corrected chi connectivity index (χ1v) is 6.53. The Morgan fingerprint density at radius 1 is 1.00 bits per heavy atom. The van der Waals surface area contributed by atoms with Crippen molar-refractivity contribution >= 4 is 40.6 Å². The number of rotatable bonds is 3. The first-order valence-electron chi connectivity index (χ1n) is 5.40. The van der Waals surface area contributed by atoms with Crippen LogP contribution < -0.4 is 4.74 Å². The zero-order chi connectivity index (χ0) is 14.0. The lowest BCUT2D eigenvalue weighted by molar-refractivity contribution is 0.101. The summed E-state index contributed by atoms with van der Waals surface area (Å²) in [6.45, 7) is 1.48. The highest BCUT2D eigenvalue weighted by Gasteiger charge is 2.08. The van der Waals surface area contributed by atoms with Crippen molar-refractivity contribution in [3.63, 3.8) is 0 Å². The molecule has 5 heteroatoms. The smallest absolute Gasteiger partial charge is 0.159 e. The van der Waals surface area contributed by atoms with E-state index >= 15 is 0 Å². The molecule has 0 N–H and O–H groups in total. The number of benzene rings is 2. The van der Waals surface area contributed by atoms with Crippen molar-refractivity contribution in [1.29, 1.82) is 0 Å². The normalized spacial score (nSPS) is 10.3. The van der Waals surface area contributed by atoms with Crippen LogP contribution in [0.25, 0.3) is 0 Å². The number of halogens is 3. The largest absolute Gasteiger partial charge is 0.456 e. The van der Waals surface area contributed by atoms with Crippen LogP contribution in [0.3, 0.4) is 0 Å². The van der Waals surface area contributed by atoms with Gasteiger partial charge >= 0.3 is 0 Å². The Labute approximate surface area is 125 Å². The molecule has 0 saturated carbocycles. The van der Waals surface area contributed by atoms with E-state index in [0.717, 1.165) is 0 Å². The van der Waals surface area contributed by atoms with Gasteiger partial charge in [-0.3, -0.25) is 4.79 Å². The Hall–Kier alpha value is -1.22. The summed E-state index contributed by atoms with van der Waals surface area (Å²) >= 11 is 17.8. The lowest BCUT2D eigenvalue weighted by Gasteiger charge is -2.09. The van der Waals surface area contributed by atoms with Gasteiger partial charge in [-0.25, -0.2) is 0 Å². The minimum atomic E-state index is -0.0562. The average Bonchev–Trinajstić information content (AvgIpc) is 2.30. The van der Waals surface area contributed by atoms with Gasteiger partial charge in [0.2, 0.25) is 0 Å². The summed E-state index contributed by atoms with van der Waals surface area (Å²) < 4.78 is 5.59. The number of Topliss-reactive ketones (excluding diaryl/α,β-unsaturated/α-hetero) is 1. The monoisotopic (exact) mass is 314 g/mol. The summed E-state index contributed by atoms with van der Waals surface area (Å²) in [7, 11) is 0. The molecule has 2 nitrogen and oxygen atoms in total. The Kier molecular flexibility index (Phi) is 4.35. The summed E-state index contributed by atoms with van der Waals surface area (Å²) in [5, 5.41) is 1.29. The highest BCUT2D eigenvalue weighted by molar-refractivity contribution is 6.35. The predicted molar refractivity (Wildman–Crippen MR) is 78.0 cm³/mol. The van der Waals surface area contributed by atoms with Crippen LogP contribution in [0, 0.1) is 0 Å². The SMILES string of the molecule is CC(=O)c1ccc(Oc2cc(Cl)cc(Cl)c2)c(Cl)c1. The maximum absolute atomic E-state index is 11.2. The van der Waals surface area contributed by atoms with Gasteiger partial charge < -0.3 is 4.74 Å². The van der Waals surface area contributed by atoms with Crippen LogP contribution in [0.15, 0.2) is 36.4 Å². The molecular formula is C14H9Cl3O2. The van der Waals surface area contributed by atoms with E-state index in [4.69, 9.17) is 39.5 Å². The van der Waals surface area contributed by atoms with Crippen molar-refractivity contribution in [2.75, 3.05) is 0 Å². The fourth-order valence-electron chi connectivity index (χ4n) is 1.52. The van der Waals surface area contributed by atoms with E-state index in [1.807, 2.05) is 0 Å². The third-order valence-electron chi connectivity index (χ3n) is 2.40. The molecule has 0 aliphatic carbocycles. The Morgan fingerprint density at radius 2 is 1.63 bits per heavy atom. The van der Waals surface area contributed by atoms with E-state index in [2.05, 4.69) is 0 Å². The minimum Gasteiger partial charge on any atom is -0.456 e. The molecule has 0 atom stereocenters. The third kappa shape index (κ3) is 3.63. The molecule has 0 radical (unpaired) electrons. The van der Waals surface area contributed by atoms with Crippen molar-refractivity contribution in [1.82, 2.24) is 0 Å². The molecule has 2 aromatic rings. The maximum Gasteiger partial charge on any atom is 0.159 e. The van der Waals surface area contributed by atoms with E-state index in [0.29, 0.717) is 32.1 Å². The number of ketones is 1. The van der Waals surface area contributed by atoms with Crippen LogP contribution >= 0.6 is 34.8 Å². The Bertz CT molecular complexity index is 618. The number of carbonyl (C=O) groups is 1. The molecule has 0 bridgehead atoms. The van der Waals surface area contributed by atoms with Crippen molar-refractivity contribution in [2.24, 2.45) is 0 Å². The molecule has 0 fully saturated rings. The van der Waals surface area contributed by atoms with Crippen molar-refractivity contribution in [2.45, 2.75) is 6.92 Å². The van der Waals surface area contributed by atoms with Gasteiger partial charge in [-0.15, -0.1) is 0 Å². The highest BCUT2D eigenvalue weighted by Crippen LogP contribution is 2.33. The first kappa shape index (κ1) is 14.2. The zero-order valence-corrected chi connectivity index (χ0v) is 12.2. The van der Waals surface area contributed by atoms with E-state index in [-0.39, 0.29) is 5.78 Å². The Morgan fingerprint density at radius 3 is 2.16 bits per heavy atom. The number of carbonyl (C=O) groups excluding carboxylic acids is 1. The summed E-state index contributed by atoms with van der Waals surface area (Å²) in [5.74, 6) is 0.860. The second kappa shape index (κ2) is 5.83. The molecular weight excluding hydrogens is 307 g/mol. The van der Waals surface area contributed by atoms with Gasteiger partial charge in [0.15, 0.2) is 5.78 Å². The predicted octanol–water partition coefficient (Wildman–Crippen LogP) is 5.64. The van der Waals surface area contributed by atoms with Crippen molar-refractivity contribution < 1.29 is 9.53 Å². The fraction of sp³-hybridized carbons (Fsp3) is 0.0714. The van der Waals surface area contributed by atoms with Gasteiger partial charge in [0.1, 0.15) is 11.5 Å². The van der Waals surface area contributed by atoms with Gasteiger partial charge in [0, 0.05) is 15.6 Å². The second-order valence-electron chi connectivity index (χ2n) is 3.91. The van der Waals surface area contributed by atoms with Gasteiger partial charge in [-0.1, -0.05) is 34.8 Å². The molecule has 0 spiro atoms. The van der Waals surface area contributed by atoms with Crippen molar-refractivity contribution in [3.8, 4) is 11.5 Å². The van der Waals surface area contributed by atoms with Crippen molar-refractivity contribution in [3.05, 3.63) is 57.0 Å². The first-order chi connectivity index (χ1) is 8.95. The third-order valence-corrected chi connectivity index (χ3v) is 3.13. The molecule has 0 amide bonds. The van der Waals surface area contributed by atoms with Crippen LogP contribution in [0.4, 0.5) is 0 Å². The van der Waals surface area contributed by atoms with Gasteiger partial charge in [0.05, 0.1) is 5.02 Å². The summed E-state index contributed by atoms with van der Waals surface area (Å²) in [6, 6.07) is 9.71. The molecule has 0 saturated heterocycles. The number of ether oxygens (including phenoxy) is 1. The topological polar surface area (TPSA) is 26.3 Å². The van der Waals surface area contributed by atoms with Crippen LogP contribution in [0.5, 0.6) is 11.5 Å². The molecule has 19 heavy (non-hydrogen) atoms. The molecule has 0 aliphatic heterocycles. The van der Waals surface area contributed by atoms with Crippen LogP contribution in [-0.2, 0) is 0 Å². The van der Waals surface area contributed by atoms with Gasteiger partial charge in [-0.2, -0.15) is 0 Å². The Balaban J connectivity index is 2.30. The molecule has 0 aromatic heterocycles. The molecule has 0 unspecified atom stereocenters. The lowest BCUT2D eigenvalue weighted by Crippen LogP contribution is -1.93. The van der Waals surface area contributed by atoms with E-state index < -0.39 is 0 Å². The minimum absolute atomic E-state index is 0.0562. The van der Waals surface area contributed by atoms with Gasteiger partial charge in [-0.05, 0) is 43.3 Å². The van der Waals surface area contributed by atoms with Crippen LogP contribution in [0.2, 0.25) is 15.1 Å². The van der Waals surface area contributed by atoms with Crippen LogP contribution in [0.1, 0.15) is 17.3 Å². The molecule has 0 aliphatic rings. The lowest BCUT2D eigenvalue weighted by atomic mass is 10.1. The number of hydrogen-bond acceptors (Lipinski definition) is 2. The molecule has 2 aromatic carbocycles. The standard InChI is InChI=1S/C14H9Cl3O2/c1-8(18)9-2-3-14(13(17)4-9)19-12-6-10(15)5-11(16)7-12/h2-7H,1H3. The van der Waals surface area contributed by atoms with Gasteiger partial charge in [0.25, 0.3) is 0 Å². The highest BCUT2D eigenvalue weighted by atomic mass is 35.5. The molecule has 98 valence electrons. The van der Waals surface area contributed by atoms with E-state index in [9.17, 15) is 4.79 Å². The molecule has 0 heterocycles. The number of hydrogen-bond donors (Lipinski definition) is 0.